The first-order valence-electron chi connectivity index (χ1n) is 7.48. The maximum atomic E-state index is 13.9. The van der Waals surface area contributed by atoms with Crippen LogP contribution in [0.15, 0.2) is 12.1 Å². The molecule has 0 unspecified atom stereocenters. The van der Waals surface area contributed by atoms with Gasteiger partial charge < -0.3 is 15.4 Å². The number of hydrogen-bond donors (Lipinski definition) is 2. The smallest absolute Gasteiger partial charge is 0.319 e. The highest BCUT2D eigenvalue weighted by Gasteiger charge is 2.16. The third kappa shape index (κ3) is 3.47. The van der Waals surface area contributed by atoms with Crippen LogP contribution in [0, 0.1) is 25.5 Å². The number of amides is 2. The SMILES string of the molecule is CCn1nc(C)c(NC(=O)NCc2ccc(OC)c(F)c2F)c1C. The monoisotopic (exact) mass is 338 g/mol. The fourth-order valence-corrected chi connectivity index (χ4v) is 2.38. The zero-order chi connectivity index (χ0) is 17.9. The zero-order valence-electron chi connectivity index (χ0n) is 14.0. The Bertz CT molecular complexity index is 759. The number of carbonyl (C=O) groups excluding carboxylic acids is 1. The van der Waals surface area contributed by atoms with Gasteiger partial charge in [-0.05, 0) is 26.8 Å². The molecule has 0 radical (unpaired) electrons. The van der Waals surface area contributed by atoms with Crippen LogP contribution in [0.3, 0.4) is 0 Å². The van der Waals surface area contributed by atoms with Crippen molar-refractivity contribution in [2.75, 3.05) is 12.4 Å². The largest absolute Gasteiger partial charge is 0.494 e. The van der Waals surface area contributed by atoms with E-state index in [1.165, 1.54) is 19.2 Å². The number of benzene rings is 1. The minimum atomic E-state index is -1.08. The van der Waals surface area contributed by atoms with E-state index in [1.807, 2.05) is 13.8 Å². The maximum Gasteiger partial charge on any atom is 0.319 e. The molecule has 0 aliphatic heterocycles. The molecule has 2 rings (SSSR count). The summed E-state index contributed by atoms with van der Waals surface area (Å²) in [4.78, 5) is 12.0. The van der Waals surface area contributed by atoms with Crippen LogP contribution in [-0.4, -0.2) is 22.9 Å². The molecule has 0 bridgehead atoms. The molecule has 130 valence electrons. The molecule has 1 heterocycles. The third-order valence-electron chi connectivity index (χ3n) is 3.71. The Hall–Kier alpha value is -2.64. The molecule has 6 nitrogen and oxygen atoms in total. The van der Waals surface area contributed by atoms with Crippen LogP contribution in [0.4, 0.5) is 19.3 Å². The van der Waals surface area contributed by atoms with Crippen LogP contribution in [0.25, 0.3) is 0 Å². The van der Waals surface area contributed by atoms with E-state index in [0.717, 1.165) is 5.69 Å². The minimum Gasteiger partial charge on any atom is -0.494 e. The molecule has 24 heavy (non-hydrogen) atoms. The van der Waals surface area contributed by atoms with E-state index in [2.05, 4.69) is 15.7 Å². The van der Waals surface area contributed by atoms with Crippen LogP contribution < -0.4 is 15.4 Å². The van der Waals surface area contributed by atoms with Gasteiger partial charge in [0.1, 0.15) is 0 Å². The topological polar surface area (TPSA) is 68.2 Å². The molecule has 2 amide bonds. The lowest BCUT2D eigenvalue weighted by Crippen LogP contribution is -2.29. The normalized spacial score (nSPS) is 10.6. The number of nitrogens with zero attached hydrogens (tertiary/aromatic N) is 2. The molecule has 0 fully saturated rings. The first-order chi connectivity index (χ1) is 11.4. The van der Waals surface area contributed by atoms with Crippen molar-refractivity contribution in [3.05, 3.63) is 40.7 Å². The minimum absolute atomic E-state index is 0.0288. The van der Waals surface area contributed by atoms with Gasteiger partial charge in [0.2, 0.25) is 5.82 Å². The summed E-state index contributed by atoms with van der Waals surface area (Å²) in [5, 5.41) is 9.48. The second kappa shape index (κ2) is 7.29. The number of aryl methyl sites for hydroxylation is 2. The van der Waals surface area contributed by atoms with Crippen LogP contribution in [0.5, 0.6) is 5.75 Å². The van der Waals surface area contributed by atoms with Gasteiger partial charge in [-0.3, -0.25) is 4.68 Å². The summed E-state index contributed by atoms with van der Waals surface area (Å²) in [5.74, 6) is -2.30. The number of ether oxygens (including phenoxy) is 1. The Labute approximate surface area is 138 Å². The molecule has 2 aromatic rings. The molecular weight excluding hydrogens is 318 g/mol. The molecule has 0 aliphatic carbocycles. The van der Waals surface area contributed by atoms with E-state index in [9.17, 15) is 13.6 Å². The lowest BCUT2D eigenvalue weighted by atomic mass is 10.2. The number of nitrogens with one attached hydrogen (secondary N) is 2. The Morgan fingerprint density at radius 3 is 2.58 bits per heavy atom. The van der Waals surface area contributed by atoms with Crippen molar-refractivity contribution in [1.29, 1.82) is 0 Å². The summed E-state index contributed by atoms with van der Waals surface area (Å²) in [5.41, 5.74) is 2.15. The standard InChI is InChI=1S/C16H20F2N4O2/c1-5-22-10(3)15(9(2)21-22)20-16(23)19-8-11-6-7-12(24-4)14(18)13(11)17/h6-7H,5,8H2,1-4H3,(H2,19,20,23). The van der Waals surface area contributed by atoms with Gasteiger partial charge in [0, 0.05) is 18.7 Å². The predicted molar refractivity (Wildman–Crippen MR) is 86.1 cm³/mol. The highest BCUT2D eigenvalue weighted by atomic mass is 19.2. The zero-order valence-corrected chi connectivity index (χ0v) is 14.0. The number of aromatic nitrogens is 2. The lowest BCUT2D eigenvalue weighted by Gasteiger charge is -2.10. The summed E-state index contributed by atoms with van der Waals surface area (Å²) in [7, 11) is 1.25. The quantitative estimate of drug-likeness (QED) is 0.880. The highest BCUT2D eigenvalue weighted by Crippen LogP contribution is 2.22. The van der Waals surface area contributed by atoms with Crippen molar-refractivity contribution in [3.8, 4) is 5.75 Å². The fourth-order valence-electron chi connectivity index (χ4n) is 2.38. The first-order valence-corrected chi connectivity index (χ1v) is 7.48. The second-order valence-corrected chi connectivity index (χ2v) is 5.22. The van der Waals surface area contributed by atoms with Gasteiger partial charge >= 0.3 is 6.03 Å². The number of urea groups is 1. The Morgan fingerprint density at radius 1 is 1.29 bits per heavy atom. The van der Waals surface area contributed by atoms with Crippen LogP contribution >= 0.6 is 0 Å². The summed E-state index contributed by atoms with van der Waals surface area (Å²) >= 11 is 0. The van der Waals surface area contributed by atoms with Crippen molar-refractivity contribution in [3.63, 3.8) is 0 Å². The van der Waals surface area contributed by atoms with Crippen LogP contribution in [0.2, 0.25) is 0 Å². The lowest BCUT2D eigenvalue weighted by molar-refractivity contribution is 0.251. The maximum absolute atomic E-state index is 13.9. The Kier molecular flexibility index (Phi) is 5.38. The highest BCUT2D eigenvalue weighted by molar-refractivity contribution is 5.90. The molecule has 0 saturated heterocycles. The van der Waals surface area contributed by atoms with E-state index in [-0.39, 0.29) is 17.9 Å². The van der Waals surface area contributed by atoms with E-state index in [4.69, 9.17) is 4.74 Å². The molecule has 1 aromatic heterocycles. The number of rotatable bonds is 5. The number of anilines is 1. The summed E-state index contributed by atoms with van der Waals surface area (Å²) < 4.78 is 34.0. The third-order valence-corrected chi connectivity index (χ3v) is 3.71. The molecular formula is C16H20F2N4O2. The van der Waals surface area contributed by atoms with E-state index in [1.54, 1.807) is 11.6 Å². The molecule has 8 heteroatoms. The molecule has 0 spiro atoms. The number of halogens is 2. The number of hydrogen-bond acceptors (Lipinski definition) is 3. The van der Waals surface area contributed by atoms with E-state index >= 15 is 0 Å². The summed E-state index contributed by atoms with van der Waals surface area (Å²) in [6.45, 7) is 6.11. The fraction of sp³-hybridized carbons (Fsp3) is 0.375. The van der Waals surface area contributed by atoms with Gasteiger partial charge in [-0.2, -0.15) is 9.49 Å². The van der Waals surface area contributed by atoms with E-state index < -0.39 is 17.7 Å². The first kappa shape index (κ1) is 17.7. The molecule has 1 aromatic carbocycles. The summed E-state index contributed by atoms with van der Waals surface area (Å²) in [6, 6.07) is 2.16. The van der Waals surface area contributed by atoms with Crippen LogP contribution in [-0.2, 0) is 13.1 Å². The molecule has 0 aliphatic rings. The average molecular weight is 338 g/mol. The van der Waals surface area contributed by atoms with Gasteiger partial charge in [-0.25, -0.2) is 9.18 Å². The molecule has 0 atom stereocenters. The second-order valence-electron chi connectivity index (χ2n) is 5.22. The van der Waals surface area contributed by atoms with Gasteiger partial charge in [0.25, 0.3) is 0 Å². The van der Waals surface area contributed by atoms with Crippen molar-refractivity contribution in [2.24, 2.45) is 0 Å². The van der Waals surface area contributed by atoms with Crippen molar-refractivity contribution in [1.82, 2.24) is 15.1 Å². The van der Waals surface area contributed by atoms with Crippen molar-refractivity contribution in [2.45, 2.75) is 33.9 Å². The number of carbonyl (C=O) groups is 1. The van der Waals surface area contributed by atoms with Gasteiger partial charge in [0.05, 0.1) is 24.2 Å². The Balaban J connectivity index is 2.04. The molecule has 0 saturated carbocycles. The van der Waals surface area contributed by atoms with Crippen molar-refractivity contribution < 1.29 is 18.3 Å². The van der Waals surface area contributed by atoms with Gasteiger partial charge in [0.15, 0.2) is 11.6 Å². The molecule has 2 N–H and O–H groups in total. The Morgan fingerprint density at radius 2 is 2.00 bits per heavy atom. The predicted octanol–water partition coefficient (Wildman–Crippen LogP) is 3.13. The van der Waals surface area contributed by atoms with Gasteiger partial charge in [-0.1, -0.05) is 6.07 Å². The average Bonchev–Trinajstić information content (AvgIpc) is 2.83. The summed E-state index contributed by atoms with van der Waals surface area (Å²) in [6.07, 6.45) is 0. The van der Waals surface area contributed by atoms with E-state index in [0.29, 0.717) is 17.9 Å². The number of methoxy groups -OCH3 is 1. The van der Waals surface area contributed by atoms with Gasteiger partial charge in [-0.15, -0.1) is 0 Å². The van der Waals surface area contributed by atoms with Crippen LogP contribution in [0.1, 0.15) is 23.9 Å². The van der Waals surface area contributed by atoms with Crippen molar-refractivity contribution >= 4 is 11.7 Å².